The van der Waals surface area contributed by atoms with Crippen LogP contribution in [0.15, 0.2) is 24.3 Å². The highest BCUT2D eigenvalue weighted by Crippen LogP contribution is 2.30. The number of methoxy groups -OCH3 is 1. The third-order valence-electron chi connectivity index (χ3n) is 1.63. The van der Waals surface area contributed by atoms with E-state index in [1.807, 2.05) is 0 Å². The third-order valence-corrected chi connectivity index (χ3v) is 1.63. The van der Waals surface area contributed by atoms with Crippen LogP contribution in [0.25, 0.3) is 6.08 Å². The highest BCUT2D eigenvalue weighted by Gasteiger charge is 2.04. The molecule has 0 radical (unpaired) electrons. The number of hydrogen-bond donors (Lipinski definition) is 2. The number of carbonyl (C=O) groups is 1. The number of rotatable bonds is 3. The Morgan fingerprint density at radius 2 is 2.21 bits per heavy atom. The maximum absolute atomic E-state index is 10.3. The van der Waals surface area contributed by atoms with E-state index < -0.39 is 5.97 Å². The second kappa shape index (κ2) is 4.32. The van der Waals surface area contributed by atoms with Crippen molar-refractivity contribution in [3.05, 3.63) is 29.8 Å². The third kappa shape index (κ3) is 2.26. The first kappa shape index (κ1) is 10.1. The van der Waals surface area contributed by atoms with Crippen LogP contribution in [0.1, 0.15) is 5.56 Å². The minimum absolute atomic E-state index is 0.0139. The molecule has 0 atom stereocenters. The van der Waals surface area contributed by atoms with Gasteiger partial charge >= 0.3 is 5.97 Å². The van der Waals surface area contributed by atoms with Gasteiger partial charge in [0.05, 0.1) is 7.11 Å². The molecule has 1 rings (SSSR count). The molecule has 4 nitrogen and oxygen atoms in total. The van der Waals surface area contributed by atoms with Gasteiger partial charge in [-0.2, -0.15) is 0 Å². The molecule has 0 aliphatic carbocycles. The van der Waals surface area contributed by atoms with Gasteiger partial charge in [0.2, 0.25) is 0 Å². The van der Waals surface area contributed by atoms with Gasteiger partial charge in [-0.3, -0.25) is 0 Å². The van der Waals surface area contributed by atoms with Crippen LogP contribution in [0.2, 0.25) is 0 Å². The van der Waals surface area contributed by atoms with Crippen molar-refractivity contribution < 1.29 is 19.7 Å². The van der Waals surface area contributed by atoms with Crippen molar-refractivity contribution in [1.82, 2.24) is 0 Å². The van der Waals surface area contributed by atoms with Crippen LogP contribution < -0.4 is 4.74 Å². The molecule has 0 bridgehead atoms. The maximum atomic E-state index is 10.3. The molecule has 14 heavy (non-hydrogen) atoms. The Hall–Kier alpha value is -1.97. The zero-order valence-electron chi connectivity index (χ0n) is 7.60. The van der Waals surface area contributed by atoms with Gasteiger partial charge in [0.1, 0.15) is 0 Å². The first-order valence-electron chi connectivity index (χ1n) is 3.92. The molecular weight excluding hydrogens is 184 g/mol. The monoisotopic (exact) mass is 194 g/mol. The summed E-state index contributed by atoms with van der Waals surface area (Å²) in [4.78, 5) is 10.3. The van der Waals surface area contributed by atoms with Crippen LogP contribution in [0.3, 0.4) is 0 Å². The first-order chi connectivity index (χ1) is 6.65. The Kier molecular flexibility index (Phi) is 3.12. The van der Waals surface area contributed by atoms with Crippen molar-refractivity contribution in [2.75, 3.05) is 7.11 Å². The number of aromatic hydroxyl groups is 1. The summed E-state index contributed by atoms with van der Waals surface area (Å²) in [5.74, 6) is -0.791. The van der Waals surface area contributed by atoms with Crippen molar-refractivity contribution in [1.29, 1.82) is 0 Å². The number of para-hydroxylation sites is 1. The van der Waals surface area contributed by atoms with E-state index in [4.69, 9.17) is 9.84 Å². The van der Waals surface area contributed by atoms with Crippen molar-refractivity contribution in [3.8, 4) is 11.5 Å². The average molecular weight is 194 g/mol. The van der Waals surface area contributed by atoms with E-state index in [2.05, 4.69) is 0 Å². The maximum Gasteiger partial charge on any atom is 0.328 e. The molecule has 0 heterocycles. The van der Waals surface area contributed by atoms with Crippen LogP contribution in [0.5, 0.6) is 11.5 Å². The molecule has 2 N–H and O–H groups in total. The van der Waals surface area contributed by atoms with E-state index in [0.717, 1.165) is 6.08 Å². The van der Waals surface area contributed by atoms with E-state index in [1.165, 1.54) is 19.3 Å². The molecular formula is C10H10O4. The van der Waals surface area contributed by atoms with Crippen molar-refractivity contribution in [2.24, 2.45) is 0 Å². The molecule has 0 aromatic heterocycles. The van der Waals surface area contributed by atoms with Gasteiger partial charge < -0.3 is 14.9 Å². The number of ether oxygens (including phenoxy) is 1. The summed E-state index contributed by atoms with van der Waals surface area (Å²) in [6, 6.07) is 4.73. The predicted molar refractivity (Wildman–Crippen MR) is 51.3 cm³/mol. The molecule has 0 saturated carbocycles. The van der Waals surface area contributed by atoms with Gasteiger partial charge in [0.15, 0.2) is 11.5 Å². The molecule has 0 aliphatic heterocycles. The predicted octanol–water partition coefficient (Wildman–Crippen LogP) is 1.50. The molecule has 0 aliphatic rings. The zero-order valence-corrected chi connectivity index (χ0v) is 7.60. The second-order valence-corrected chi connectivity index (χ2v) is 2.57. The van der Waals surface area contributed by atoms with Crippen LogP contribution in [0, 0.1) is 0 Å². The number of phenols is 1. The zero-order chi connectivity index (χ0) is 10.6. The van der Waals surface area contributed by atoms with E-state index in [9.17, 15) is 9.90 Å². The van der Waals surface area contributed by atoms with E-state index in [0.29, 0.717) is 5.56 Å². The fourth-order valence-electron chi connectivity index (χ4n) is 1.06. The lowest BCUT2D eigenvalue weighted by Crippen LogP contribution is -1.89. The fourth-order valence-corrected chi connectivity index (χ4v) is 1.06. The number of benzene rings is 1. The van der Waals surface area contributed by atoms with Crippen molar-refractivity contribution in [2.45, 2.75) is 0 Å². The lowest BCUT2D eigenvalue weighted by molar-refractivity contribution is -0.131. The highest BCUT2D eigenvalue weighted by molar-refractivity contribution is 5.86. The lowest BCUT2D eigenvalue weighted by atomic mass is 10.1. The van der Waals surface area contributed by atoms with Crippen LogP contribution in [-0.2, 0) is 4.79 Å². The molecule has 74 valence electrons. The number of phenolic OH excluding ortho intramolecular Hbond substituents is 1. The number of carboxylic acid groups (broad SMARTS) is 1. The van der Waals surface area contributed by atoms with Gasteiger partial charge in [-0.25, -0.2) is 4.79 Å². The molecule has 0 unspecified atom stereocenters. The highest BCUT2D eigenvalue weighted by atomic mass is 16.5. The molecule has 0 amide bonds. The van der Waals surface area contributed by atoms with Crippen LogP contribution >= 0.6 is 0 Å². The topological polar surface area (TPSA) is 66.8 Å². The summed E-state index contributed by atoms with van der Waals surface area (Å²) in [5, 5.41) is 17.8. The Morgan fingerprint density at radius 3 is 2.79 bits per heavy atom. The van der Waals surface area contributed by atoms with Gasteiger partial charge in [-0.1, -0.05) is 12.1 Å². The van der Waals surface area contributed by atoms with Gasteiger partial charge in [0, 0.05) is 11.6 Å². The SMILES string of the molecule is COc1c(O)cccc1/C=C/C(=O)O. The van der Waals surface area contributed by atoms with E-state index in [1.54, 1.807) is 12.1 Å². The number of aliphatic carboxylic acids is 1. The molecule has 0 fully saturated rings. The first-order valence-corrected chi connectivity index (χ1v) is 3.92. The summed E-state index contributed by atoms with van der Waals surface area (Å²) in [7, 11) is 1.41. The summed E-state index contributed by atoms with van der Waals surface area (Å²) >= 11 is 0. The Morgan fingerprint density at radius 1 is 1.50 bits per heavy atom. The largest absolute Gasteiger partial charge is 0.504 e. The van der Waals surface area contributed by atoms with Gasteiger partial charge in [-0.15, -0.1) is 0 Å². The summed E-state index contributed by atoms with van der Waals surface area (Å²) in [5.41, 5.74) is 0.523. The summed E-state index contributed by atoms with van der Waals surface area (Å²) < 4.78 is 4.91. The minimum atomic E-state index is -1.05. The molecule has 0 saturated heterocycles. The Balaban J connectivity index is 3.08. The lowest BCUT2D eigenvalue weighted by Gasteiger charge is -2.05. The Bertz CT molecular complexity index is 368. The molecule has 4 heteroatoms. The van der Waals surface area contributed by atoms with Crippen molar-refractivity contribution >= 4 is 12.0 Å². The van der Waals surface area contributed by atoms with E-state index >= 15 is 0 Å². The summed E-state index contributed by atoms with van der Waals surface area (Å²) in [6.45, 7) is 0. The Labute approximate surface area is 81.1 Å². The number of hydrogen-bond acceptors (Lipinski definition) is 3. The second-order valence-electron chi connectivity index (χ2n) is 2.57. The quantitative estimate of drug-likeness (QED) is 0.715. The summed E-state index contributed by atoms with van der Waals surface area (Å²) in [6.07, 6.45) is 2.35. The van der Waals surface area contributed by atoms with Crippen molar-refractivity contribution in [3.63, 3.8) is 0 Å². The molecule has 0 spiro atoms. The van der Waals surface area contributed by atoms with E-state index in [-0.39, 0.29) is 11.5 Å². The van der Waals surface area contributed by atoms with Crippen LogP contribution in [-0.4, -0.2) is 23.3 Å². The number of carboxylic acids is 1. The molecule has 1 aromatic carbocycles. The van der Waals surface area contributed by atoms with Crippen LogP contribution in [0.4, 0.5) is 0 Å². The average Bonchev–Trinajstić information content (AvgIpc) is 2.14. The minimum Gasteiger partial charge on any atom is -0.504 e. The standard InChI is InChI=1S/C10H10O4/c1-14-10-7(5-6-9(12)13)3-2-4-8(10)11/h2-6,11H,1H3,(H,12,13)/b6-5+. The fraction of sp³-hybridized carbons (Fsp3) is 0.100. The van der Waals surface area contributed by atoms with Gasteiger partial charge in [0.25, 0.3) is 0 Å². The molecule has 1 aromatic rings. The van der Waals surface area contributed by atoms with Gasteiger partial charge in [-0.05, 0) is 12.1 Å². The normalized spacial score (nSPS) is 10.4. The smallest absolute Gasteiger partial charge is 0.328 e.